The number of rotatable bonds is 0. The molecule has 0 aromatic rings. The van der Waals surface area contributed by atoms with Gasteiger partial charge in [0.15, 0.2) is 0 Å². The average molecular weight is 94.1 g/mol. The van der Waals surface area contributed by atoms with Crippen molar-refractivity contribution in [2.24, 2.45) is 0 Å². The highest BCUT2D eigenvalue weighted by atomic mass is 19.3. The van der Waals surface area contributed by atoms with E-state index in [2.05, 4.69) is 4.74 Å². The molecular weight excluding hydrogens is 90.0 g/mol. The lowest BCUT2D eigenvalue weighted by Crippen LogP contribution is -2.40. The third-order valence-electron chi connectivity index (χ3n) is 0.626. The molecule has 0 N–H and O–H groups in total. The van der Waals surface area contributed by atoms with Gasteiger partial charge in [-0.1, -0.05) is 0 Å². The smallest absolute Gasteiger partial charge is 0.293 e. The number of ether oxygens (including phenoxy) is 1. The van der Waals surface area contributed by atoms with Crippen LogP contribution >= 0.6 is 0 Å². The molecule has 0 spiro atoms. The molecule has 1 aliphatic rings. The number of hydrogen-bond acceptors (Lipinski definition) is 1. The van der Waals surface area contributed by atoms with Crippen molar-refractivity contribution in [1.82, 2.24) is 0 Å². The molecule has 1 rings (SSSR count). The van der Waals surface area contributed by atoms with Crippen LogP contribution in [0.4, 0.5) is 8.78 Å². The highest BCUT2D eigenvalue weighted by Crippen LogP contribution is 2.21. The predicted octanol–water partition coefficient (Wildman–Crippen LogP) is 0.652. The van der Waals surface area contributed by atoms with Crippen LogP contribution in [0.1, 0.15) is 0 Å². The van der Waals surface area contributed by atoms with Crippen molar-refractivity contribution < 1.29 is 13.5 Å². The van der Waals surface area contributed by atoms with Crippen LogP contribution in [-0.2, 0) is 4.74 Å². The second kappa shape index (κ2) is 0.904. The molecule has 0 unspecified atom stereocenters. The summed E-state index contributed by atoms with van der Waals surface area (Å²) in [6.07, 6.45) is 0. The Kier molecular flexibility index (Phi) is 0.602. The molecule has 0 aromatic heterocycles. The molecule has 1 saturated heterocycles. The van der Waals surface area contributed by atoms with Crippen LogP contribution in [0, 0.1) is 0 Å². The van der Waals surface area contributed by atoms with Gasteiger partial charge in [0.1, 0.15) is 13.2 Å². The molecule has 0 atom stereocenters. The zero-order valence-electron chi connectivity index (χ0n) is 3.08. The molecule has 0 aliphatic carbocycles. The summed E-state index contributed by atoms with van der Waals surface area (Å²) in [6.45, 7) is -0.764. The highest BCUT2D eigenvalue weighted by molar-refractivity contribution is 4.71. The molecule has 1 nitrogen and oxygen atoms in total. The molecule has 1 heterocycles. The predicted molar refractivity (Wildman–Crippen MR) is 15.8 cm³/mol. The molecule has 3 heteroatoms. The maximum absolute atomic E-state index is 11.4. The Morgan fingerprint density at radius 3 is 1.67 bits per heavy atom. The van der Waals surface area contributed by atoms with Crippen LogP contribution in [0.3, 0.4) is 0 Å². The third kappa shape index (κ3) is 0.497. The molecule has 1 aliphatic heterocycles. The largest absolute Gasteiger partial charge is 0.369 e. The maximum Gasteiger partial charge on any atom is 0.293 e. The number of hydrogen-bond donors (Lipinski definition) is 0. The Bertz CT molecular complexity index is 55.8. The van der Waals surface area contributed by atoms with E-state index in [1.54, 1.807) is 0 Å². The van der Waals surface area contributed by atoms with Gasteiger partial charge in [-0.05, 0) is 0 Å². The van der Waals surface area contributed by atoms with Crippen molar-refractivity contribution >= 4 is 0 Å². The summed E-state index contributed by atoms with van der Waals surface area (Å²) in [5.74, 6) is -2.50. The van der Waals surface area contributed by atoms with E-state index in [0.717, 1.165) is 0 Å². The van der Waals surface area contributed by atoms with E-state index < -0.39 is 5.92 Å². The van der Waals surface area contributed by atoms with Gasteiger partial charge < -0.3 is 4.74 Å². The van der Waals surface area contributed by atoms with Gasteiger partial charge in [-0.2, -0.15) is 0 Å². The fourth-order valence-electron chi connectivity index (χ4n) is 0.256. The molecule has 6 heavy (non-hydrogen) atoms. The van der Waals surface area contributed by atoms with Gasteiger partial charge in [0.2, 0.25) is 0 Å². The molecule has 36 valence electrons. The minimum absolute atomic E-state index is 0.382. The van der Waals surface area contributed by atoms with Gasteiger partial charge in [-0.25, -0.2) is 8.78 Å². The molecule has 0 bridgehead atoms. The lowest BCUT2D eigenvalue weighted by atomic mass is 10.3. The summed E-state index contributed by atoms with van der Waals surface area (Å²) in [6, 6.07) is 0. The number of alkyl halides is 2. The Hall–Kier alpha value is -0.180. The van der Waals surface area contributed by atoms with E-state index in [1.165, 1.54) is 0 Å². The highest BCUT2D eigenvalue weighted by Gasteiger charge is 2.38. The third-order valence-corrected chi connectivity index (χ3v) is 0.626. The van der Waals surface area contributed by atoms with Gasteiger partial charge in [-0.3, -0.25) is 0 Å². The van der Waals surface area contributed by atoms with E-state index in [0.29, 0.717) is 0 Å². The summed E-state index contributed by atoms with van der Waals surface area (Å²) >= 11 is 0. The molecule has 0 amide bonds. The van der Waals surface area contributed by atoms with Gasteiger partial charge in [-0.15, -0.1) is 0 Å². The van der Waals surface area contributed by atoms with Crippen LogP contribution in [0.25, 0.3) is 0 Å². The Morgan fingerprint density at radius 2 is 1.67 bits per heavy atom. The fraction of sp³-hybridized carbons (Fsp3) is 1.00. The van der Waals surface area contributed by atoms with Gasteiger partial charge >= 0.3 is 0 Å². The Labute approximate surface area is 33.9 Å². The van der Waals surface area contributed by atoms with Crippen molar-refractivity contribution in [1.29, 1.82) is 0 Å². The normalized spacial score (nSPS) is 29.0. The standard InChI is InChI=1S/C3H4F2O/c4-3(5)1-6-2-3/h1-2H2. The number of halogens is 2. The minimum atomic E-state index is -2.50. The summed E-state index contributed by atoms with van der Waals surface area (Å²) in [7, 11) is 0. The van der Waals surface area contributed by atoms with Crippen molar-refractivity contribution in [3.05, 3.63) is 0 Å². The fourth-order valence-corrected chi connectivity index (χ4v) is 0.256. The quantitative estimate of drug-likeness (QED) is 0.428. The second-order valence-corrected chi connectivity index (χ2v) is 1.35. The second-order valence-electron chi connectivity index (χ2n) is 1.35. The van der Waals surface area contributed by atoms with E-state index in [9.17, 15) is 8.78 Å². The first-order chi connectivity index (χ1) is 2.71. The monoisotopic (exact) mass is 94.0 g/mol. The zero-order valence-corrected chi connectivity index (χ0v) is 3.08. The van der Waals surface area contributed by atoms with Crippen molar-refractivity contribution in [2.45, 2.75) is 5.92 Å². The Morgan fingerprint density at radius 1 is 1.33 bits per heavy atom. The zero-order chi connectivity index (χ0) is 4.62. The van der Waals surface area contributed by atoms with Crippen LogP contribution in [0.2, 0.25) is 0 Å². The van der Waals surface area contributed by atoms with E-state index in [4.69, 9.17) is 0 Å². The van der Waals surface area contributed by atoms with Crippen molar-refractivity contribution in [2.75, 3.05) is 13.2 Å². The lowest BCUT2D eigenvalue weighted by molar-refractivity contribution is -0.206. The first kappa shape index (κ1) is 3.99. The SMILES string of the molecule is FC1(F)COC1. The minimum Gasteiger partial charge on any atom is -0.369 e. The van der Waals surface area contributed by atoms with Crippen LogP contribution in [0.15, 0.2) is 0 Å². The summed E-state index contributed by atoms with van der Waals surface area (Å²) in [5, 5.41) is 0. The van der Waals surface area contributed by atoms with E-state index >= 15 is 0 Å². The molecule has 1 fully saturated rings. The molecule has 0 saturated carbocycles. The first-order valence-electron chi connectivity index (χ1n) is 1.66. The average Bonchev–Trinajstić information content (AvgIpc) is 1.32. The Balaban J connectivity index is 2.31. The topological polar surface area (TPSA) is 9.23 Å². The van der Waals surface area contributed by atoms with Crippen LogP contribution < -0.4 is 0 Å². The summed E-state index contributed by atoms with van der Waals surface area (Å²) in [4.78, 5) is 0. The van der Waals surface area contributed by atoms with Crippen LogP contribution in [0.5, 0.6) is 0 Å². The summed E-state index contributed by atoms with van der Waals surface area (Å²) < 4.78 is 27.0. The summed E-state index contributed by atoms with van der Waals surface area (Å²) in [5.41, 5.74) is 0. The van der Waals surface area contributed by atoms with E-state index in [1.807, 2.05) is 0 Å². The van der Waals surface area contributed by atoms with Gasteiger partial charge in [0.05, 0.1) is 0 Å². The lowest BCUT2D eigenvalue weighted by Gasteiger charge is -2.24. The molecular formula is C3H4F2O. The van der Waals surface area contributed by atoms with Crippen molar-refractivity contribution in [3.8, 4) is 0 Å². The molecule has 0 radical (unpaired) electrons. The van der Waals surface area contributed by atoms with Gasteiger partial charge in [0, 0.05) is 0 Å². The van der Waals surface area contributed by atoms with E-state index in [-0.39, 0.29) is 13.2 Å². The van der Waals surface area contributed by atoms with Crippen molar-refractivity contribution in [3.63, 3.8) is 0 Å². The van der Waals surface area contributed by atoms with Crippen LogP contribution in [-0.4, -0.2) is 19.1 Å². The first-order valence-corrected chi connectivity index (χ1v) is 1.66. The van der Waals surface area contributed by atoms with Gasteiger partial charge in [0.25, 0.3) is 5.92 Å². The maximum atomic E-state index is 11.4. The molecule has 0 aromatic carbocycles.